The Morgan fingerprint density at radius 1 is 1.08 bits per heavy atom. The molecule has 0 aliphatic rings. The van der Waals surface area contributed by atoms with E-state index < -0.39 is 0 Å². The van der Waals surface area contributed by atoms with Crippen molar-refractivity contribution in [1.29, 1.82) is 0 Å². The zero-order chi connectivity index (χ0) is 17.9. The van der Waals surface area contributed by atoms with Crippen molar-refractivity contribution in [3.63, 3.8) is 0 Å². The van der Waals surface area contributed by atoms with Crippen molar-refractivity contribution in [2.45, 2.75) is 0 Å². The second kappa shape index (κ2) is 6.85. The first kappa shape index (κ1) is 16.1. The van der Waals surface area contributed by atoms with Crippen LogP contribution in [0, 0.1) is 5.82 Å². The van der Waals surface area contributed by atoms with Gasteiger partial charge >= 0.3 is 0 Å². The second-order valence-electron chi connectivity index (χ2n) is 5.32. The first-order valence-corrected chi connectivity index (χ1v) is 8.50. The molecule has 26 heavy (non-hydrogen) atoms. The van der Waals surface area contributed by atoms with Crippen molar-refractivity contribution in [2.24, 2.45) is 0 Å². The molecular formula is C18H12FN5OS. The summed E-state index contributed by atoms with van der Waals surface area (Å²) in [5.41, 5.74) is 0.925. The maximum Gasteiger partial charge on any atom is 0.267 e. The molecule has 0 unspecified atom stereocenters. The molecule has 0 radical (unpaired) electrons. The quantitative estimate of drug-likeness (QED) is 0.597. The Labute approximate surface area is 152 Å². The molecule has 0 aliphatic carbocycles. The first-order valence-electron chi connectivity index (χ1n) is 7.69. The van der Waals surface area contributed by atoms with Gasteiger partial charge in [-0.05, 0) is 30.3 Å². The van der Waals surface area contributed by atoms with E-state index in [4.69, 9.17) is 0 Å². The maximum absolute atomic E-state index is 13.8. The molecule has 128 valence electrons. The highest BCUT2D eigenvalue weighted by atomic mass is 32.1. The number of nitrogens with zero attached hydrogens (tertiary/aromatic N) is 4. The normalized spacial score (nSPS) is 10.7. The summed E-state index contributed by atoms with van der Waals surface area (Å²) in [4.78, 5) is 21.2. The highest BCUT2D eigenvalue weighted by Gasteiger charge is 2.14. The van der Waals surface area contributed by atoms with Crippen LogP contribution in [0.1, 0.15) is 9.67 Å². The number of hydrogen-bond acceptors (Lipinski definition) is 5. The number of anilines is 1. The van der Waals surface area contributed by atoms with E-state index in [1.165, 1.54) is 12.3 Å². The number of halogens is 1. The zero-order valence-electron chi connectivity index (χ0n) is 13.3. The third-order valence-electron chi connectivity index (χ3n) is 3.58. The number of nitrogens with one attached hydrogen (secondary N) is 1. The van der Waals surface area contributed by atoms with Crippen LogP contribution in [-0.4, -0.2) is 25.7 Å². The second-order valence-corrected chi connectivity index (χ2v) is 6.35. The molecule has 0 saturated heterocycles. The summed E-state index contributed by atoms with van der Waals surface area (Å²) in [6, 6.07) is 11.6. The van der Waals surface area contributed by atoms with Crippen LogP contribution in [0.4, 0.5) is 10.1 Å². The van der Waals surface area contributed by atoms with Crippen molar-refractivity contribution >= 4 is 22.9 Å². The number of pyridine rings is 1. The van der Waals surface area contributed by atoms with Gasteiger partial charge in [-0.15, -0.1) is 11.3 Å². The fourth-order valence-electron chi connectivity index (χ4n) is 2.33. The minimum atomic E-state index is -0.368. The fraction of sp³-hybridized carbons (Fsp3) is 0. The number of rotatable bonds is 4. The molecule has 0 fully saturated rings. The molecule has 0 aliphatic heterocycles. The molecular weight excluding hydrogens is 353 g/mol. The van der Waals surface area contributed by atoms with Crippen LogP contribution in [0.5, 0.6) is 0 Å². The highest BCUT2D eigenvalue weighted by molar-refractivity contribution is 7.17. The Bertz CT molecular complexity index is 1040. The molecule has 8 heteroatoms. The summed E-state index contributed by atoms with van der Waals surface area (Å²) in [6.45, 7) is 0. The van der Waals surface area contributed by atoms with E-state index in [2.05, 4.69) is 20.4 Å². The lowest BCUT2D eigenvalue weighted by Crippen LogP contribution is -2.10. The molecule has 6 nitrogen and oxygen atoms in total. The number of carbonyl (C=O) groups is 1. The summed E-state index contributed by atoms with van der Waals surface area (Å²) < 4.78 is 15.5. The Hall–Kier alpha value is -3.39. The van der Waals surface area contributed by atoms with Gasteiger partial charge < -0.3 is 5.32 Å². The van der Waals surface area contributed by atoms with Gasteiger partial charge in [-0.3, -0.25) is 4.79 Å². The predicted molar refractivity (Wildman–Crippen MR) is 96.8 cm³/mol. The fourth-order valence-corrected chi connectivity index (χ4v) is 3.17. The largest absolute Gasteiger partial charge is 0.320 e. The highest BCUT2D eigenvalue weighted by Crippen LogP contribution is 2.27. The molecule has 0 atom stereocenters. The van der Waals surface area contributed by atoms with Gasteiger partial charge in [0, 0.05) is 18.0 Å². The van der Waals surface area contributed by atoms with Gasteiger partial charge in [-0.25, -0.2) is 19.0 Å². The van der Waals surface area contributed by atoms with Gasteiger partial charge in [0.25, 0.3) is 5.91 Å². The zero-order valence-corrected chi connectivity index (χ0v) is 14.2. The molecule has 3 aromatic heterocycles. The van der Waals surface area contributed by atoms with Gasteiger partial charge in [-0.1, -0.05) is 12.1 Å². The lowest BCUT2D eigenvalue weighted by Gasteiger charge is -2.04. The molecule has 3 heterocycles. The van der Waals surface area contributed by atoms with E-state index in [1.807, 2.05) is 0 Å². The number of thiazole rings is 1. The van der Waals surface area contributed by atoms with Crippen molar-refractivity contribution in [2.75, 3.05) is 5.32 Å². The third-order valence-corrected chi connectivity index (χ3v) is 4.61. The SMILES string of the molecule is O=C(Nc1ccc(-n2cccn2)nc1)c1cnc(-c2ccccc2F)s1. The van der Waals surface area contributed by atoms with Gasteiger partial charge in [-0.2, -0.15) is 5.10 Å². The van der Waals surface area contributed by atoms with E-state index in [9.17, 15) is 9.18 Å². The minimum absolute atomic E-state index is 0.321. The smallest absolute Gasteiger partial charge is 0.267 e. The van der Waals surface area contributed by atoms with E-state index in [1.54, 1.807) is 59.7 Å². The van der Waals surface area contributed by atoms with Crippen LogP contribution in [0.15, 0.2) is 67.3 Å². The lowest BCUT2D eigenvalue weighted by atomic mass is 10.2. The average Bonchev–Trinajstić information content (AvgIpc) is 3.35. The first-order chi connectivity index (χ1) is 12.7. The van der Waals surface area contributed by atoms with Crippen LogP contribution >= 0.6 is 11.3 Å². The Morgan fingerprint density at radius 3 is 2.69 bits per heavy atom. The minimum Gasteiger partial charge on any atom is -0.320 e. The molecule has 1 amide bonds. The summed E-state index contributed by atoms with van der Waals surface area (Å²) in [5.74, 6) is -0.0430. The standard InChI is InChI=1S/C18H12FN5OS/c19-14-5-2-1-4-13(14)18-21-11-15(26-18)17(25)23-12-6-7-16(20-10-12)24-9-3-8-22-24/h1-11H,(H,23,25). The van der Waals surface area contributed by atoms with Gasteiger partial charge in [0.15, 0.2) is 5.82 Å². The van der Waals surface area contributed by atoms with E-state index in [-0.39, 0.29) is 11.7 Å². The topological polar surface area (TPSA) is 72.7 Å². The van der Waals surface area contributed by atoms with Crippen LogP contribution in [0.25, 0.3) is 16.4 Å². The van der Waals surface area contributed by atoms with Crippen LogP contribution < -0.4 is 5.32 Å². The number of amides is 1. The summed E-state index contributed by atoms with van der Waals surface area (Å²) in [7, 11) is 0. The summed E-state index contributed by atoms with van der Waals surface area (Å²) in [6.07, 6.45) is 6.43. The lowest BCUT2D eigenvalue weighted by molar-refractivity contribution is 0.103. The van der Waals surface area contributed by atoms with Crippen LogP contribution in [0.3, 0.4) is 0 Å². The summed E-state index contributed by atoms with van der Waals surface area (Å²) in [5, 5.41) is 7.31. The molecule has 0 saturated carbocycles. The molecule has 0 spiro atoms. The monoisotopic (exact) mass is 365 g/mol. The van der Waals surface area contributed by atoms with E-state index >= 15 is 0 Å². The maximum atomic E-state index is 13.8. The number of carbonyl (C=O) groups excluding carboxylic acids is 1. The van der Waals surface area contributed by atoms with E-state index in [0.29, 0.717) is 27.0 Å². The number of benzene rings is 1. The van der Waals surface area contributed by atoms with Gasteiger partial charge in [0.05, 0.1) is 18.1 Å². The van der Waals surface area contributed by atoms with Crippen molar-refractivity contribution < 1.29 is 9.18 Å². The van der Waals surface area contributed by atoms with Gasteiger partial charge in [0.2, 0.25) is 0 Å². The molecule has 4 aromatic rings. The third kappa shape index (κ3) is 3.22. The molecule has 1 N–H and O–H groups in total. The Kier molecular flexibility index (Phi) is 4.24. The van der Waals surface area contributed by atoms with Crippen molar-refractivity contribution in [3.8, 4) is 16.4 Å². The van der Waals surface area contributed by atoms with Crippen molar-refractivity contribution in [3.05, 3.63) is 77.9 Å². The Morgan fingerprint density at radius 2 is 1.96 bits per heavy atom. The Balaban J connectivity index is 1.49. The predicted octanol–water partition coefficient (Wildman–Crippen LogP) is 3.78. The molecule has 0 bridgehead atoms. The number of aromatic nitrogens is 4. The van der Waals surface area contributed by atoms with Crippen molar-refractivity contribution in [1.82, 2.24) is 19.7 Å². The molecule has 4 rings (SSSR count). The number of hydrogen-bond donors (Lipinski definition) is 1. The van der Waals surface area contributed by atoms with Crippen LogP contribution in [-0.2, 0) is 0 Å². The summed E-state index contributed by atoms with van der Waals surface area (Å²) >= 11 is 1.13. The molecule has 1 aromatic carbocycles. The van der Waals surface area contributed by atoms with Gasteiger partial charge in [0.1, 0.15) is 15.7 Å². The van der Waals surface area contributed by atoms with Crippen LogP contribution in [0.2, 0.25) is 0 Å². The van der Waals surface area contributed by atoms with E-state index in [0.717, 1.165) is 11.3 Å². The average molecular weight is 365 g/mol.